The molecule has 0 radical (unpaired) electrons. The van der Waals surface area contributed by atoms with Gasteiger partial charge in [0.1, 0.15) is 11.5 Å². The van der Waals surface area contributed by atoms with Crippen molar-refractivity contribution < 1.29 is 75.0 Å². The summed E-state index contributed by atoms with van der Waals surface area (Å²) in [7, 11) is -10.1. The van der Waals surface area contributed by atoms with Gasteiger partial charge in [0, 0.05) is 0 Å². The van der Waals surface area contributed by atoms with E-state index in [1.165, 1.54) is 69.8 Å². The van der Waals surface area contributed by atoms with Crippen LogP contribution in [0.5, 0.6) is 11.5 Å². The maximum absolute atomic E-state index is 11.4. The molecule has 0 aliphatic heterocycles. The van der Waals surface area contributed by atoms with Crippen molar-refractivity contribution in [2.24, 2.45) is 0 Å². The SMILES string of the molecule is COc1cccc(OC)c1-c1ccccc1P(C1CCCCC1)C1CCCCC1.O=S(=O)([N-]S(=O)(=O)C(F)(F)F)C(F)(F)F.[Au+]. The van der Waals surface area contributed by atoms with Crippen molar-refractivity contribution in [3.63, 3.8) is 0 Å². The van der Waals surface area contributed by atoms with Gasteiger partial charge in [-0.05, 0) is 60.0 Å². The molecule has 0 unspecified atom stereocenters. The fraction of sp³-hybridized carbons (Fsp3) is 0.571. The molecule has 2 aliphatic carbocycles. The van der Waals surface area contributed by atoms with E-state index < -0.39 is 31.1 Å². The Morgan fingerprint density at radius 1 is 0.667 bits per heavy atom. The quantitative estimate of drug-likeness (QED) is 0.151. The third-order valence-electron chi connectivity index (χ3n) is 7.60. The summed E-state index contributed by atoms with van der Waals surface area (Å²) in [6, 6.07) is 15.3. The molecular weight excluding hydrogens is 852 g/mol. The number of rotatable bonds is 8. The fourth-order valence-electron chi connectivity index (χ4n) is 5.65. The number of sulfonamides is 2. The first-order chi connectivity index (χ1) is 20.5. The van der Waals surface area contributed by atoms with Crippen LogP contribution in [0.25, 0.3) is 15.3 Å². The van der Waals surface area contributed by atoms with Crippen molar-refractivity contribution in [1.29, 1.82) is 0 Å². The molecule has 0 bridgehead atoms. The zero-order valence-corrected chi connectivity index (χ0v) is 29.2. The van der Waals surface area contributed by atoms with E-state index in [2.05, 4.69) is 36.4 Å². The van der Waals surface area contributed by atoms with Crippen LogP contribution in [0.1, 0.15) is 64.2 Å². The van der Waals surface area contributed by atoms with Crippen LogP contribution in [-0.2, 0) is 42.4 Å². The zero-order valence-electron chi connectivity index (χ0n) is 24.5. The zero-order chi connectivity index (χ0) is 32.8. The third kappa shape index (κ3) is 10.1. The number of hydrogen-bond acceptors (Lipinski definition) is 6. The molecule has 17 heteroatoms. The van der Waals surface area contributed by atoms with Crippen LogP contribution in [0.4, 0.5) is 26.3 Å². The second kappa shape index (κ2) is 16.7. The van der Waals surface area contributed by atoms with Gasteiger partial charge in [0.25, 0.3) is 0 Å². The Kier molecular flexibility index (Phi) is 14.7. The minimum Gasteiger partial charge on any atom is -0.496 e. The topological polar surface area (TPSA) is 101 Å². The molecule has 2 aromatic rings. The summed E-state index contributed by atoms with van der Waals surface area (Å²) in [5.41, 5.74) is -8.18. The number of hydrogen-bond donors (Lipinski definition) is 0. The molecule has 0 aromatic heterocycles. The first-order valence-electron chi connectivity index (χ1n) is 14.0. The monoisotopic (exact) mass is 887 g/mol. The Bertz CT molecular complexity index is 1380. The second-order valence-electron chi connectivity index (χ2n) is 10.5. The van der Waals surface area contributed by atoms with Gasteiger partial charge in [-0.15, -0.1) is 0 Å². The summed E-state index contributed by atoms with van der Waals surface area (Å²) in [6.45, 7) is 0. The molecule has 7 nitrogen and oxygen atoms in total. The van der Waals surface area contributed by atoms with E-state index in [1.54, 1.807) is 19.5 Å². The molecular formula is C28H35AuF6NO6PS2. The van der Waals surface area contributed by atoms with E-state index in [-0.39, 0.29) is 30.3 Å². The summed E-state index contributed by atoms with van der Waals surface area (Å²) in [5.74, 6) is 1.83. The number of ether oxygens (including phenoxy) is 2. The first-order valence-corrected chi connectivity index (χ1v) is 18.4. The molecule has 2 fully saturated rings. The number of alkyl halides is 6. The van der Waals surface area contributed by atoms with Crippen molar-refractivity contribution in [3.8, 4) is 22.6 Å². The van der Waals surface area contributed by atoms with Gasteiger partial charge >= 0.3 is 33.4 Å². The predicted octanol–water partition coefficient (Wildman–Crippen LogP) is 8.20. The molecule has 258 valence electrons. The van der Waals surface area contributed by atoms with E-state index in [0.717, 1.165) is 32.5 Å². The van der Waals surface area contributed by atoms with Crippen LogP contribution in [0, 0.1) is 0 Å². The maximum atomic E-state index is 11.4. The summed E-state index contributed by atoms with van der Waals surface area (Å²) >= 11 is 0. The molecule has 0 heterocycles. The van der Waals surface area contributed by atoms with Crippen molar-refractivity contribution in [2.45, 2.75) is 86.5 Å². The second-order valence-corrected chi connectivity index (χ2v) is 16.6. The Labute approximate surface area is 277 Å². The summed E-state index contributed by atoms with van der Waals surface area (Å²) in [5, 5.41) is 1.59. The fourth-order valence-corrected chi connectivity index (χ4v) is 11.3. The van der Waals surface area contributed by atoms with E-state index >= 15 is 0 Å². The summed E-state index contributed by atoms with van der Waals surface area (Å²) in [6.07, 6.45) is 14.2. The predicted molar refractivity (Wildman–Crippen MR) is 159 cm³/mol. The molecule has 4 rings (SSSR count). The Balaban J connectivity index is 0.000000378. The van der Waals surface area contributed by atoms with E-state index in [4.69, 9.17) is 9.47 Å². The Morgan fingerprint density at radius 2 is 1.07 bits per heavy atom. The van der Waals surface area contributed by atoms with E-state index in [0.29, 0.717) is 0 Å². The van der Waals surface area contributed by atoms with Gasteiger partial charge < -0.3 is 13.6 Å². The van der Waals surface area contributed by atoms with Crippen LogP contribution < -0.4 is 14.8 Å². The number of methoxy groups -OCH3 is 2. The summed E-state index contributed by atoms with van der Waals surface area (Å²) in [4.78, 5) is 0. The van der Waals surface area contributed by atoms with Crippen LogP contribution >= 0.6 is 7.92 Å². The molecule has 0 saturated heterocycles. The van der Waals surface area contributed by atoms with Gasteiger partial charge in [-0.25, -0.2) is 16.8 Å². The van der Waals surface area contributed by atoms with Crippen LogP contribution in [0.15, 0.2) is 42.5 Å². The van der Waals surface area contributed by atoms with Crippen molar-refractivity contribution in [2.75, 3.05) is 14.2 Å². The third-order valence-corrected chi connectivity index (χ3v) is 13.9. The number of benzene rings is 2. The molecule has 2 aromatic carbocycles. The molecule has 0 atom stereocenters. The molecule has 0 amide bonds. The van der Waals surface area contributed by atoms with Crippen LogP contribution in [0.2, 0.25) is 0 Å². The van der Waals surface area contributed by atoms with Crippen LogP contribution in [0.3, 0.4) is 0 Å². The Morgan fingerprint density at radius 3 is 1.44 bits per heavy atom. The van der Waals surface area contributed by atoms with Gasteiger partial charge in [-0.1, -0.05) is 76.8 Å². The van der Waals surface area contributed by atoms with Crippen LogP contribution in [-0.4, -0.2) is 53.4 Å². The molecule has 2 saturated carbocycles. The Hall–Kier alpha value is -1.35. The largest absolute Gasteiger partial charge is 1.00 e. The standard InChI is InChI=1S/C26H35O2P.C2F6NO4S2.Au/c1-27-23-17-11-18-24(28-2)26(23)22-16-9-10-19-25(22)29(20-12-5-3-6-13-20)21-14-7-4-8-15-21;3-1(4,5)14(10,11)9-15(12,13)2(6,7)8;/h9-11,16-21H,3-8,12-15H2,1-2H3;;/q;-1;+1. The van der Waals surface area contributed by atoms with Crippen molar-refractivity contribution >= 4 is 33.3 Å². The number of nitrogens with zero attached hydrogens (tertiary/aromatic N) is 1. The summed E-state index contributed by atoms with van der Waals surface area (Å²) < 4.78 is 121. The van der Waals surface area contributed by atoms with Gasteiger partial charge in [-0.2, -0.15) is 26.3 Å². The van der Waals surface area contributed by atoms with Gasteiger partial charge in [0.05, 0.1) is 19.8 Å². The minimum absolute atomic E-state index is 0. The molecule has 0 spiro atoms. The van der Waals surface area contributed by atoms with Crippen molar-refractivity contribution in [3.05, 3.63) is 46.6 Å². The molecule has 45 heavy (non-hydrogen) atoms. The average molecular weight is 888 g/mol. The smallest absolute Gasteiger partial charge is 0.496 e. The van der Waals surface area contributed by atoms with Gasteiger partial charge in [0.15, 0.2) is 20.0 Å². The molecule has 2 aliphatic rings. The maximum Gasteiger partial charge on any atom is 1.00 e. The van der Waals surface area contributed by atoms with Gasteiger partial charge in [0.2, 0.25) is 0 Å². The first kappa shape index (κ1) is 39.8. The number of halogens is 6. The average Bonchev–Trinajstić information content (AvgIpc) is 2.97. The minimum atomic E-state index is -6.72. The van der Waals surface area contributed by atoms with Crippen molar-refractivity contribution in [1.82, 2.24) is 0 Å². The normalized spacial score (nSPS) is 17.2. The van der Waals surface area contributed by atoms with E-state index in [9.17, 15) is 43.2 Å². The van der Waals surface area contributed by atoms with E-state index in [1.807, 2.05) is 6.07 Å². The van der Waals surface area contributed by atoms with Gasteiger partial charge in [-0.3, -0.25) is 0 Å². The molecule has 0 N–H and O–H groups in total.